The summed E-state index contributed by atoms with van der Waals surface area (Å²) in [5.41, 5.74) is 1.89. The van der Waals surface area contributed by atoms with E-state index in [9.17, 15) is 9.59 Å². The molecule has 0 spiro atoms. The molecule has 0 radical (unpaired) electrons. The third kappa shape index (κ3) is 3.65. The van der Waals surface area contributed by atoms with Gasteiger partial charge < -0.3 is 19.0 Å². The van der Waals surface area contributed by atoms with Crippen LogP contribution in [0.5, 0.6) is 0 Å². The molecular weight excluding hydrogens is 308 g/mol. The predicted molar refractivity (Wildman–Crippen MR) is 86.8 cm³/mol. The Labute approximate surface area is 140 Å². The number of rotatable bonds is 5. The van der Waals surface area contributed by atoms with Gasteiger partial charge >= 0.3 is 0 Å². The van der Waals surface area contributed by atoms with E-state index in [1.54, 1.807) is 29.4 Å². The van der Waals surface area contributed by atoms with Crippen molar-refractivity contribution >= 4 is 11.8 Å². The lowest BCUT2D eigenvalue weighted by atomic mass is 10.1. The number of likely N-dealkylation sites (N-methyl/N-ethyl adjacent to an activating group) is 1. The van der Waals surface area contributed by atoms with Gasteiger partial charge in [0.1, 0.15) is 12.6 Å². The fraction of sp³-hybridized carbons (Fsp3) is 0.333. The molecule has 126 valence electrons. The van der Waals surface area contributed by atoms with E-state index in [2.05, 4.69) is 0 Å². The Morgan fingerprint density at radius 2 is 2.04 bits per heavy atom. The van der Waals surface area contributed by atoms with Gasteiger partial charge in [-0.25, -0.2) is 0 Å². The number of furan rings is 1. The lowest BCUT2D eigenvalue weighted by molar-refractivity contribution is -0.159. The van der Waals surface area contributed by atoms with Gasteiger partial charge in [0.25, 0.3) is 0 Å². The number of ether oxygens (including phenoxy) is 1. The number of carbonyl (C=O) groups excluding carboxylic acids is 2. The van der Waals surface area contributed by atoms with E-state index in [0.717, 1.165) is 11.1 Å². The molecule has 1 aromatic heterocycles. The minimum atomic E-state index is -0.608. The minimum Gasteiger partial charge on any atom is -0.472 e. The summed E-state index contributed by atoms with van der Waals surface area (Å²) in [5.74, 6) is -0.305. The Morgan fingerprint density at radius 1 is 1.25 bits per heavy atom. The van der Waals surface area contributed by atoms with Gasteiger partial charge in [0, 0.05) is 25.7 Å². The zero-order chi connectivity index (χ0) is 16.9. The van der Waals surface area contributed by atoms with Gasteiger partial charge in [-0.05, 0) is 11.6 Å². The average Bonchev–Trinajstić information content (AvgIpc) is 3.10. The molecule has 2 heterocycles. The Balaban J connectivity index is 1.73. The van der Waals surface area contributed by atoms with E-state index in [-0.39, 0.29) is 25.0 Å². The van der Waals surface area contributed by atoms with E-state index in [1.807, 2.05) is 36.4 Å². The fourth-order valence-electron chi connectivity index (χ4n) is 2.78. The Morgan fingerprint density at radius 3 is 2.75 bits per heavy atom. The monoisotopic (exact) mass is 328 g/mol. The molecule has 1 saturated heterocycles. The maximum atomic E-state index is 12.8. The molecule has 1 fully saturated rings. The third-order valence-electron chi connectivity index (χ3n) is 4.05. The predicted octanol–water partition coefficient (Wildman–Crippen LogP) is 1.67. The Hall–Kier alpha value is -2.60. The van der Waals surface area contributed by atoms with E-state index >= 15 is 0 Å². The van der Waals surface area contributed by atoms with Gasteiger partial charge in [-0.1, -0.05) is 30.3 Å². The SMILES string of the molecule is CN(Cc1ccoc1)C(=O)[C@@H]1COCC(=O)N1Cc1ccccc1. The summed E-state index contributed by atoms with van der Waals surface area (Å²) < 4.78 is 10.3. The number of nitrogens with zero attached hydrogens (tertiary/aromatic N) is 2. The number of benzene rings is 1. The molecule has 24 heavy (non-hydrogen) atoms. The summed E-state index contributed by atoms with van der Waals surface area (Å²) in [6, 6.07) is 10.9. The van der Waals surface area contributed by atoms with Crippen LogP contribution in [0, 0.1) is 0 Å². The van der Waals surface area contributed by atoms with Crippen molar-refractivity contribution < 1.29 is 18.7 Å². The minimum absolute atomic E-state index is 0.0159. The molecular formula is C18H20N2O4. The van der Waals surface area contributed by atoms with Gasteiger partial charge in [0.2, 0.25) is 11.8 Å². The maximum absolute atomic E-state index is 12.8. The molecule has 2 amide bonds. The number of hydrogen-bond acceptors (Lipinski definition) is 4. The summed E-state index contributed by atoms with van der Waals surface area (Å²) in [6.45, 7) is 1.06. The topological polar surface area (TPSA) is 63.0 Å². The molecule has 0 saturated carbocycles. The van der Waals surface area contributed by atoms with Crippen LogP contribution in [0.15, 0.2) is 53.3 Å². The van der Waals surface area contributed by atoms with Crippen LogP contribution < -0.4 is 0 Å². The highest BCUT2D eigenvalue weighted by molar-refractivity contribution is 5.89. The summed E-state index contributed by atoms with van der Waals surface area (Å²) >= 11 is 0. The number of amides is 2. The van der Waals surface area contributed by atoms with Crippen molar-refractivity contribution in [3.8, 4) is 0 Å². The number of hydrogen-bond donors (Lipinski definition) is 0. The molecule has 6 nitrogen and oxygen atoms in total. The van der Waals surface area contributed by atoms with Crippen molar-refractivity contribution in [3.63, 3.8) is 0 Å². The van der Waals surface area contributed by atoms with Crippen LogP contribution in [0.1, 0.15) is 11.1 Å². The van der Waals surface area contributed by atoms with E-state index in [4.69, 9.17) is 9.15 Å². The summed E-state index contributed by atoms with van der Waals surface area (Å²) in [5, 5.41) is 0. The van der Waals surface area contributed by atoms with Crippen molar-refractivity contribution in [2.24, 2.45) is 0 Å². The lowest BCUT2D eigenvalue weighted by Gasteiger charge is -2.36. The van der Waals surface area contributed by atoms with Gasteiger partial charge in [-0.3, -0.25) is 9.59 Å². The lowest BCUT2D eigenvalue weighted by Crippen LogP contribution is -2.56. The first-order chi connectivity index (χ1) is 11.6. The smallest absolute Gasteiger partial charge is 0.249 e. The highest BCUT2D eigenvalue weighted by Crippen LogP contribution is 2.16. The molecule has 1 atom stereocenters. The first-order valence-corrected chi connectivity index (χ1v) is 7.82. The molecule has 2 aromatic rings. The van der Waals surface area contributed by atoms with Crippen molar-refractivity contribution in [1.29, 1.82) is 0 Å². The van der Waals surface area contributed by atoms with E-state index in [0.29, 0.717) is 13.1 Å². The van der Waals surface area contributed by atoms with Gasteiger partial charge in [0.15, 0.2) is 0 Å². The van der Waals surface area contributed by atoms with Crippen LogP contribution in [-0.4, -0.2) is 47.9 Å². The van der Waals surface area contributed by atoms with Crippen molar-refractivity contribution in [3.05, 3.63) is 60.1 Å². The van der Waals surface area contributed by atoms with Crippen LogP contribution >= 0.6 is 0 Å². The Bertz CT molecular complexity index is 684. The molecule has 1 aliphatic heterocycles. The maximum Gasteiger partial charge on any atom is 0.249 e. The number of morpholine rings is 1. The van der Waals surface area contributed by atoms with Gasteiger partial charge in [0.05, 0.1) is 19.1 Å². The van der Waals surface area contributed by atoms with E-state index < -0.39 is 6.04 Å². The van der Waals surface area contributed by atoms with Crippen LogP contribution in [0.4, 0.5) is 0 Å². The highest BCUT2D eigenvalue weighted by atomic mass is 16.5. The molecule has 0 aliphatic carbocycles. The molecule has 1 aromatic carbocycles. The third-order valence-corrected chi connectivity index (χ3v) is 4.05. The summed E-state index contributed by atoms with van der Waals surface area (Å²) in [6.07, 6.45) is 3.18. The second-order valence-corrected chi connectivity index (χ2v) is 5.86. The second kappa shape index (κ2) is 7.31. The van der Waals surface area contributed by atoms with Crippen molar-refractivity contribution in [2.45, 2.75) is 19.1 Å². The zero-order valence-electron chi connectivity index (χ0n) is 13.6. The molecule has 1 aliphatic rings. The average molecular weight is 328 g/mol. The van der Waals surface area contributed by atoms with E-state index in [1.165, 1.54) is 0 Å². The largest absolute Gasteiger partial charge is 0.472 e. The molecule has 0 N–H and O–H groups in total. The summed E-state index contributed by atoms with van der Waals surface area (Å²) in [7, 11) is 1.72. The first kappa shape index (κ1) is 16.3. The fourth-order valence-corrected chi connectivity index (χ4v) is 2.78. The van der Waals surface area contributed by atoms with Crippen LogP contribution in [0.3, 0.4) is 0 Å². The normalized spacial score (nSPS) is 17.8. The van der Waals surface area contributed by atoms with Crippen LogP contribution in [0.2, 0.25) is 0 Å². The summed E-state index contributed by atoms with van der Waals surface area (Å²) in [4.78, 5) is 28.3. The van der Waals surface area contributed by atoms with Gasteiger partial charge in [-0.15, -0.1) is 0 Å². The molecule has 3 rings (SSSR count). The van der Waals surface area contributed by atoms with Crippen LogP contribution in [0.25, 0.3) is 0 Å². The highest BCUT2D eigenvalue weighted by Gasteiger charge is 2.35. The molecule has 0 unspecified atom stereocenters. The molecule has 0 bridgehead atoms. The second-order valence-electron chi connectivity index (χ2n) is 5.86. The Kier molecular flexibility index (Phi) is 4.96. The number of carbonyl (C=O) groups is 2. The van der Waals surface area contributed by atoms with Crippen LogP contribution in [-0.2, 0) is 27.4 Å². The van der Waals surface area contributed by atoms with Crippen molar-refractivity contribution in [1.82, 2.24) is 9.80 Å². The van der Waals surface area contributed by atoms with Gasteiger partial charge in [-0.2, -0.15) is 0 Å². The van der Waals surface area contributed by atoms with Crippen molar-refractivity contribution in [2.75, 3.05) is 20.3 Å². The quantitative estimate of drug-likeness (QED) is 0.837. The molecule has 6 heteroatoms. The zero-order valence-corrected chi connectivity index (χ0v) is 13.6. The standard InChI is InChI=1S/C18H20N2O4/c1-19(9-15-7-8-23-11-15)18(22)16-12-24-13-17(21)20(16)10-14-5-3-2-4-6-14/h2-8,11,16H,9-10,12-13H2,1H3/t16-/m0/s1. The first-order valence-electron chi connectivity index (χ1n) is 7.82.